The zero-order chi connectivity index (χ0) is 18.4. The van der Waals surface area contributed by atoms with Gasteiger partial charge < -0.3 is 5.11 Å². The predicted octanol–water partition coefficient (Wildman–Crippen LogP) is 4.11. The summed E-state index contributed by atoms with van der Waals surface area (Å²) in [5.74, 6) is -1.06. The van der Waals surface area contributed by atoms with Crippen LogP contribution < -0.4 is 0 Å². The molecule has 0 fully saturated rings. The molecule has 0 spiro atoms. The van der Waals surface area contributed by atoms with Crippen LogP contribution >= 0.6 is 11.6 Å². The van der Waals surface area contributed by atoms with Crippen LogP contribution in [0.25, 0.3) is 11.0 Å². The van der Waals surface area contributed by atoms with Crippen molar-refractivity contribution in [2.45, 2.75) is 37.5 Å². The lowest BCUT2D eigenvalue weighted by Gasteiger charge is -2.20. The summed E-state index contributed by atoms with van der Waals surface area (Å²) in [4.78, 5) is 11.6. The SMILES string of the molecule is Cc1c(C(CC(=O)O)c2ccc3c(c2)C(Cl)CC3)ccc2c1nnn2C. The maximum absolute atomic E-state index is 11.6. The molecule has 6 heteroatoms. The van der Waals surface area contributed by atoms with Crippen LogP contribution in [0.1, 0.15) is 52.0 Å². The molecule has 2 atom stereocenters. The van der Waals surface area contributed by atoms with Gasteiger partial charge in [-0.15, -0.1) is 16.7 Å². The van der Waals surface area contributed by atoms with Crippen molar-refractivity contribution in [3.05, 3.63) is 58.1 Å². The predicted molar refractivity (Wildman–Crippen MR) is 101 cm³/mol. The summed E-state index contributed by atoms with van der Waals surface area (Å²) in [5.41, 5.74) is 7.10. The third-order valence-corrected chi connectivity index (χ3v) is 5.86. The third kappa shape index (κ3) is 2.76. The Morgan fingerprint density at radius 3 is 2.96 bits per heavy atom. The summed E-state index contributed by atoms with van der Waals surface area (Å²) in [7, 11) is 1.85. The van der Waals surface area contributed by atoms with Gasteiger partial charge in [-0.2, -0.15) is 0 Å². The van der Waals surface area contributed by atoms with Gasteiger partial charge in [0.2, 0.25) is 0 Å². The molecular weight excluding hydrogens is 350 g/mol. The smallest absolute Gasteiger partial charge is 0.304 e. The molecule has 4 rings (SSSR count). The molecule has 1 aliphatic carbocycles. The Bertz CT molecular complexity index is 1010. The molecule has 0 radical (unpaired) electrons. The molecule has 2 aromatic carbocycles. The van der Waals surface area contributed by atoms with Crippen molar-refractivity contribution in [1.82, 2.24) is 15.0 Å². The number of carboxylic acids is 1. The quantitative estimate of drug-likeness (QED) is 0.703. The van der Waals surface area contributed by atoms with E-state index in [1.807, 2.05) is 32.2 Å². The number of aryl methyl sites for hydroxylation is 3. The molecule has 2 unspecified atom stereocenters. The van der Waals surface area contributed by atoms with Gasteiger partial charge in [-0.25, -0.2) is 4.68 Å². The minimum Gasteiger partial charge on any atom is -0.481 e. The fourth-order valence-corrected chi connectivity index (χ4v) is 4.31. The number of aromatic nitrogens is 3. The van der Waals surface area contributed by atoms with Crippen LogP contribution in [-0.4, -0.2) is 26.1 Å². The average Bonchev–Trinajstić information content (AvgIpc) is 3.17. The number of rotatable bonds is 4. The van der Waals surface area contributed by atoms with E-state index in [2.05, 4.69) is 22.4 Å². The minimum atomic E-state index is -0.823. The highest BCUT2D eigenvalue weighted by molar-refractivity contribution is 6.21. The van der Waals surface area contributed by atoms with E-state index in [1.54, 1.807) is 4.68 Å². The molecule has 134 valence electrons. The topological polar surface area (TPSA) is 68.0 Å². The summed E-state index contributed by atoms with van der Waals surface area (Å²) in [5, 5.41) is 17.8. The van der Waals surface area contributed by atoms with Crippen molar-refractivity contribution in [1.29, 1.82) is 0 Å². The Morgan fingerprint density at radius 2 is 2.19 bits per heavy atom. The highest BCUT2D eigenvalue weighted by Gasteiger charge is 2.26. The fourth-order valence-electron chi connectivity index (χ4n) is 4.00. The molecule has 5 nitrogen and oxygen atoms in total. The van der Waals surface area contributed by atoms with Gasteiger partial charge in [0.15, 0.2) is 0 Å². The monoisotopic (exact) mass is 369 g/mol. The number of carbonyl (C=O) groups is 1. The molecule has 0 aliphatic heterocycles. The average molecular weight is 370 g/mol. The van der Waals surface area contributed by atoms with Gasteiger partial charge in [0, 0.05) is 13.0 Å². The lowest BCUT2D eigenvalue weighted by atomic mass is 9.84. The first-order chi connectivity index (χ1) is 12.5. The van der Waals surface area contributed by atoms with Gasteiger partial charge in [0.1, 0.15) is 5.52 Å². The number of hydrogen-bond donors (Lipinski definition) is 1. The number of nitrogens with zero attached hydrogens (tertiary/aromatic N) is 3. The van der Waals surface area contributed by atoms with E-state index in [0.717, 1.165) is 46.1 Å². The van der Waals surface area contributed by atoms with E-state index in [-0.39, 0.29) is 17.7 Å². The van der Waals surface area contributed by atoms with Gasteiger partial charge in [-0.05, 0) is 53.6 Å². The number of hydrogen-bond acceptors (Lipinski definition) is 3. The molecule has 26 heavy (non-hydrogen) atoms. The second-order valence-corrected chi connectivity index (χ2v) is 7.50. The molecule has 1 aliphatic rings. The molecule has 0 saturated heterocycles. The maximum Gasteiger partial charge on any atom is 0.304 e. The van der Waals surface area contributed by atoms with Gasteiger partial charge >= 0.3 is 5.97 Å². The van der Waals surface area contributed by atoms with Crippen molar-refractivity contribution in [3.63, 3.8) is 0 Å². The Balaban J connectivity index is 1.85. The first-order valence-corrected chi connectivity index (χ1v) is 9.17. The first kappa shape index (κ1) is 17.0. The molecule has 3 aromatic rings. The Labute approximate surface area is 156 Å². The number of fused-ring (bicyclic) bond motifs is 2. The van der Waals surface area contributed by atoms with Crippen molar-refractivity contribution in [2.24, 2.45) is 7.05 Å². The van der Waals surface area contributed by atoms with Crippen LogP contribution in [0.4, 0.5) is 0 Å². The van der Waals surface area contributed by atoms with Crippen LogP contribution in [-0.2, 0) is 18.3 Å². The number of carboxylic acid groups (broad SMARTS) is 1. The number of halogens is 1. The normalized spacial score (nSPS) is 17.4. The van der Waals surface area contributed by atoms with E-state index in [1.165, 1.54) is 5.56 Å². The van der Waals surface area contributed by atoms with Crippen molar-refractivity contribution in [3.8, 4) is 0 Å². The number of aliphatic carboxylic acids is 1. The minimum absolute atomic E-state index is 0.0130. The second kappa shape index (κ2) is 6.40. The summed E-state index contributed by atoms with van der Waals surface area (Å²) < 4.78 is 1.73. The highest BCUT2D eigenvalue weighted by atomic mass is 35.5. The molecule has 0 saturated carbocycles. The first-order valence-electron chi connectivity index (χ1n) is 8.73. The lowest BCUT2D eigenvalue weighted by Crippen LogP contribution is -2.10. The summed E-state index contributed by atoms with van der Waals surface area (Å²) >= 11 is 6.45. The summed E-state index contributed by atoms with van der Waals surface area (Å²) in [6, 6.07) is 10.2. The van der Waals surface area contributed by atoms with Crippen LogP contribution in [0.5, 0.6) is 0 Å². The zero-order valence-electron chi connectivity index (χ0n) is 14.7. The number of benzene rings is 2. The van der Waals surface area contributed by atoms with Gasteiger partial charge in [0.05, 0.1) is 17.3 Å². The fraction of sp³-hybridized carbons (Fsp3) is 0.350. The molecule has 1 aromatic heterocycles. The van der Waals surface area contributed by atoms with Crippen LogP contribution in [0.2, 0.25) is 0 Å². The van der Waals surface area contributed by atoms with Gasteiger partial charge in [-0.3, -0.25) is 4.79 Å². The van der Waals surface area contributed by atoms with Crippen molar-refractivity contribution >= 4 is 28.6 Å². The van der Waals surface area contributed by atoms with Crippen LogP contribution in [0.3, 0.4) is 0 Å². The Kier molecular flexibility index (Phi) is 4.19. The third-order valence-electron chi connectivity index (χ3n) is 5.41. The Hall–Kier alpha value is -2.40. The summed E-state index contributed by atoms with van der Waals surface area (Å²) in [6.45, 7) is 1.99. The van der Waals surface area contributed by atoms with Gasteiger partial charge in [0.25, 0.3) is 0 Å². The zero-order valence-corrected chi connectivity index (χ0v) is 15.5. The number of alkyl halides is 1. The van der Waals surface area contributed by atoms with Crippen molar-refractivity contribution in [2.75, 3.05) is 0 Å². The largest absolute Gasteiger partial charge is 0.481 e. The van der Waals surface area contributed by atoms with E-state index >= 15 is 0 Å². The van der Waals surface area contributed by atoms with E-state index in [4.69, 9.17) is 11.6 Å². The van der Waals surface area contributed by atoms with Gasteiger partial charge in [-0.1, -0.05) is 29.5 Å². The Morgan fingerprint density at radius 1 is 1.38 bits per heavy atom. The molecule has 1 heterocycles. The lowest BCUT2D eigenvalue weighted by molar-refractivity contribution is -0.137. The van der Waals surface area contributed by atoms with E-state index in [9.17, 15) is 9.90 Å². The highest BCUT2D eigenvalue weighted by Crippen LogP contribution is 2.40. The van der Waals surface area contributed by atoms with Crippen LogP contribution in [0, 0.1) is 6.92 Å². The van der Waals surface area contributed by atoms with E-state index in [0.29, 0.717) is 0 Å². The summed E-state index contributed by atoms with van der Waals surface area (Å²) in [6.07, 6.45) is 1.95. The second-order valence-electron chi connectivity index (χ2n) is 6.98. The van der Waals surface area contributed by atoms with E-state index < -0.39 is 5.97 Å². The standard InChI is InChI=1S/C20H20ClN3O2/c1-11-14(6-8-18-20(11)22-23-24(18)2)15(10-19(25)26)13-4-3-12-5-7-17(21)16(12)9-13/h3-4,6,8-9,15,17H,5,7,10H2,1-2H3,(H,25,26). The molecule has 1 N–H and O–H groups in total. The van der Waals surface area contributed by atoms with Crippen molar-refractivity contribution < 1.29 is 9.90 Å². The molecule has 0 amide bonds. The van der Waals surface area contributed by atoms with Crippen LogP contribution in [0.15, 0.2) is 30.3 Å². The molecule has 0 bridgehead atoms. The maximum atomic E-state index is 11.6. The molecular formula is C20H20ClN3O2.